The van der Waals surface area contributed by atoms with Crippen molar-refractivity contribution < 1.29 is 9.18 Å². The minimum atomic E-state index is -0.517. The zero-order chi connectivity index (χ0) is 18.4. The molecule has 0 spiro atoms. The maximum atomic E-state index is 13.7. The first-order valence-electron chi connectivity index (χ1n) is 8.84. The largest absolute Gasteiger partial charge is 0.322 e. The Hall–Kier alpha value is -1.95. The van der Waals surface area contributed by atoms with Crippen LogP contribution in [0.1, 0.15) is 5.56 Å². The van der Waals surface area contributed by atoms with E-state index >= 15 is 0 Å². The van der Waals surface area contributed by atoms with E-state index in [9.17, 15) is 9.18 Å². The fraction of sp³-hybridized carbons (Fsp3) is 0.350. The van der Waals surface area contributed by atoms with Gasteiger partial charge in [-0.1, -0.05) is 41.9 Å². The first-order chi connectivity index (χ1) is 12.6. The number of piperazine rings is 1. The van der Waals surface area contributed by atoms with Gasteiger partial charge in [0, 0.05) is 37.7 Å². The van der Waals surface area contributed by atoms with E-state index in [4.69, 9.17) is 11.6 Å². The Bertz CT molecular complexity index is 733. The van der Waals surface area contributed by atoms with Gasteiger partial charge in [-0.05, 0) is 30.2 Å². The highest BCUT2D eigenvalue weighted by atomic mass is 35.5. The molecule has 2 aromatic carbocycles. The van der Waals surface area contributed by atoms with Gasteiger partial charge in [-0.25, -0.2) is 4.39 Å². The van der Waals surface area contributed by atoms with Crippen LogP contribution in [0.2, 0.25) is 5.02 Å². The van der Waals surface area contributed by atoms with Crippen LogP contribution in [0.4, 0.5) is 10.1 Å². The molecule has 0 atom stereocenters. The van der Waals surface area contributed by atoms with Gasteiger partial charge in [-0.15, -0.1) is 0 Å². The van der Waals surface area contributed by atoms with Gasteiger partial charge in [-0.2, -0.15) is 0 Å². The summed E-state index contributed by atoms with van der Waals surface area (Å²) >= 11 is 5.72. The van der Waals surface area contributed by atoms with Gasteiger partial charge in [0.25, 0.3) is 0 Å². The predicted molar refractivity (Wildman–Crippen MR) is 103 cm³/mol. The van der Waals surface area contributed by atoms with E-state index in [1.165, 1.54) is 17.7 Å². The molecule has 0 bridgehead atoms. The van der Waals surface area contributed by atoms with Crippen molar-refractivity contribution >= 4 is 23.2 Å². The number of hydrogen-bond donors (Lipinski definition) is 1. The minimum absolute atomic E-state index is 0.167. The monoisotopic (exact) mass is 375 g/mol. The highest BCUT2D eigenvalue weighted by molar-refractivity contribution is 6.30. The summed E-state index contributed by atoms with van der Waals surface area (Å²) < 4.78 is 13.7. The van der Waals surface area contributed by atoms with Gasteiger partial charge >= 0.3 is 0 Å². The normalized spacial score (nSPS) is 15.8. The van der Waals surface area contributed by atoms with Crippen LogP contribution in [0.3, 0.4) is 0 Å². The summed E-state index contributed by atoms with van der Waals surface area (Å²) in [5, 5.41) is 2.93. The van der Waals surface area contributed by atoms with E-state index in [0.29, 0.717) is 5.02 Å². The Labute approximate surface area is 158 Å². The summed E-state index contributed by atoms with van der Waals surface area (Å²) in [6, 6.07) is 14.7. The molecule has 6 heteroatoms. The molecule has 0 aromatic heterocycles. The van der Waals surface area contributed by atoms with Crippen molar-refractivity contribution in [3.8, 4) is 0 Å². The summed E-state index contributed by atoms with van der Waals surface area (Å²) in [7, 11) is 0. The molecule has 138 valence electrons. The number of hydrogen-bond acceptors (Lipinski definition) is 3. The fourth-order valence-corrected chi connectivity index (χ4v) is 3.25. The van der Waals surface area contributed by atoms with Crippen molar-refractivity contribution in [2.24, 2.45) is 0 Å². The van der Waals surface area contributed by atoms with Crippen LogP contribution >= 0.6 is 11.6 Å². The molecule has 1 heterocycles. The number of carbonyl (C=O) groups is 1. The van der Waals surface area contributed by atoms with Crippen molar-refractivity contribution in [2.45, 2.75) is 6.42 Å². The topological polar surface area (TPSA) is 35.6 Å². The number of nitrogens with zero attached hydrogens (tertiary/aromatic N) is 2. The maximum Gasteiger partial charge on any atom is 0.238 e. The molecule has 1 aliphatic heterocycles. The van der Waals surface area contributed by atoms with Gasteiger partial charge < -0.3 is 10.2 Å². The Kier molecular flexibility index (Phi) is 6.61. The number of carbonyl (C=O) groups excluding carboxylic acids is 1. The third-order valence-electron chi connectivity index (χ3n) is 4.60. The quantitative estimate of drug-likeness (QED) is 0.841. The zero-order valence-corrected chi connectivity index (χ0v) is 15.4. The molecule has 1 aliphatic rings. The van der Waals surface area contributed by atoms with E-state index in [1.54, 1.807) is 6.07 Å². The van der Waals surface area contributed by atoms with E-state index in [-0.39, 0.29) is 18.1 Å². The van der Waals surface area contributed by atoms with Gasteiger partial charge in [0.05, 0.1) is 12.2 Å². The van der Waals surface area contributed by atoms with Crippen molar-refractivity contribution in [1.82, 2.24) is 9.80 Å². The van der Waals surface area contributed by atoms with Crippen molar-refractivity contribution in [3.05, 3.63) is 64.9 Å². The Morgan fingerprint density at radius 3 is 2.42 bits per heavy atom. The van der Waals surface area contributed by atoms with Gasteiger partial charge in [0.1, 0.15) is 5.82 Å². The molecule has 1 amide bonds. The summed E-state index contributed by atoms with van der Waals surface area (Å²) in [4.78, 5) is 16.7. The predicted octanol–water partition coefficient (Wildman–Crippen LogP) is 3.28. The van der Waals surface area contributed by atoms with E-state index in [2.05, 4.69) is 39.4 Å². The molecule has 4 nitrogen and oxygen atoms in total. The van der Waals surface area contributed by atoms with Crippen molar-refractivity contribution in [2.75, 3.05) is 44.6 Å². The lowest BCUT2D eigenvalue weighted by molar-refractivity contribution is -0.117. The van der Waals surface area contributed by atoms with Gasteiger partial charge in [-0.3, -0.25) is 9.69 Å². The van der Waals surface area contributed by atoms with Crippen LogP contribution in [-0.2, 0) is 11.2 Å². The first kappa shape index (κ1) is 18.8. The molecule has 0 aliphatic carbocycles. The second kappa shape index (κ2) is 9.12. The van der Waals surface area contributed by atoms with Crippen molar-refractivity contribution in [1.29, 1.82) is 0 Å². The third kappa shape index (κ3) is 5.53. The molecule has 1 fully saturated rings. The lowest BCUT2D eigenvalue weighted by Crippen LogP contribution is -2.49. The second-order valence-corrected chi connectivity index (χ2v) is 6.96. The molecule has 26 heavy (non-hydrogen) atoms. The highest BCUT2D eigenvalue weighted by Gasteiger charge is 2.19. The van der Waals surface area contributed by atoms with Crippen LogP contribution in [-0.4, -0.2) is 55.0 Å². The molecule has 3 rings (SSSR count). The smallest absolute Gasteiger partial charge is 0.238 e. The van der Waals surface area contributed by atoms with Crippen molar-refractivity contribution in [3.63, 3.8) is 0 Å². The minimum Gasteiger partial charge on any atom is -0.322 e. The Morgan fingerprint density at radius 2 is 1.73 bits per heavy atom. The average Bonchev–Trinajstić information content (AvgIpc) is 2.64. The van der Waals surface area contributed by atoms with Crippen LogP contribution in [0.15, 0.2) is 48.5 Å². The van der Waals surface area contributed by atoms with Crippen LogP contribution in [0.5, 0.6) is 0 Å². The van der Waals surface area contributed by atoms with Gasteiger partial charge in [0.2, 0.25) is 5.91 Å². The molecule has 1 N–H and O–H groups in total. The summed E-state index contributed by atoms with van der Waals surface area (Å²) in [5.41, 5.74) is 1.51. The number of amides is 1. The number of halogens is 2. The molecule has 0 radical (unpaired) electrons. The van der Waals surface area contributed by atoms with Crippen LogP contribution in [0.25, 0.3) is 0 Å². The van der Waals surface area contributed by atoms with Gasteiger partial charge in [0.15, 0.2) is 0 Å². The zero-order valence-electron chi connectivity index (χ0n) is 14.6. The van der Waals surface area contributed by atoms with Crippen LogP contribution < -0.4 is 5.32 Å². The summed E-state index contributed by atoms with van der Waals surface area (Å²) in [6.45, 7) is 4.86. The molecule has 1 saturated heterocycles. The number of nitrogens with one attached hydrogen (secondary N) is 1. The Morgan fingerprint density at radius 1 is 1.04 bits per heavy atom. The standard InChI is InChI=1S/C20H23ClFN3O/c21-17-6-7-19(18(22)14-17)23-20(26)15-25-12-10-24(11-13-25)9-8-16-4-2-1-3-5-16/h1-7,14H,8-13,15H2,(H,23,26). The van der Waals surface area contributed by atoms with E-state index in [1.807, 2.05) is 6.07 Å². The summed E-state index contributed by atoms with van der Waals surface area (Å²) in [6.07, 6.45) is 1.04. The Balaban J connectivity index is 1.40. The SMILES string of the molecule is O=C(CN1CCN(CCc2ccccc2)CC1)Nc1ccc(Cl)cc1F. The fourth-order valence-electron chi connectivity index (χ4n) is 3.09. The second-order valence-electron chi connectivity index (χ2n) is 6.53. The summed E-state index contributed by atoms with van der Waals surface area (Å²) in [5.74, 6) is -0.722. The molecular weight excluding hydrogens is 353 g/mol. The molecule has 0 saturated carbocycles. The number of anilines is 1. The first-order valence-corrected chi connectivity index (χ1v) is 9.21. The average molecular weight is 376 g/mol. The molecular formula is C20H23ClFN3O. The third-order valence-corrected chi connectivity index (χ3v) is 4.83. The molecule has 2 aromatic rings. The maximum absolute atomic E-state index is 13.7. The number of rotatable bonds is 6. The van der Waals surface area contributed by atoms with E-state index in [0.717, 1.165) is 39.1 Å². The highest BCUT2D eigenvalue weighted by Crippen LogP contribution is 2.18. The number of benzene rings is 2. The van der Waals surface area contributed by atoms with Crippen LogP contribution in [0, 0.1) is 5.82 Å². The van der Waals surface area contributed by atoms with E-state index < -0.39 is 5.82 Å². The lowest BCUT2D eigenvalue weighted by atomic mass is 10.1. The molecule has 0 unspecified atom stereocenters. The lowest BCUT2D eigenvalue weighted by Gasteiger charge is -2.34.